The molecular formula is C28H34N2O4S. The standard InChI is InChI=1S/C28H34N2O4S/c1-6-28(30-20(5)31,27(32)33-7-2)17-16-21-8-12-23(13-9-21)35-24-14-10-22(11-15-24)25-18-34-26(29-25)19(3)4/h8-15,18-19H,6-7,16-17H2,1-5H3,(H,30,31). The Kier molecular flexibility index (Phi) is 9.15. The first-order valence-electron chi connectivity index (χ1n) is 12.0. The van der Waals surface area contributed by atoms with E-state index in [1.165, 1.54) is 6.92 Å². The number of amides is 1. The number of carbonyl (C=O) groups is 2. The Labute approximate surface area is 211 Å². The van der Waals surface area contributed by atoms with Gasteiger partial charge in [-0.3, -0.25) is 4.79 Å². The summed E-state index contributed by atoms with van der Waals surface area (Å²) < 4.78 is 10.8. The number of nitrogens with zero attached hydrogens (tertiary/aromatic N) is 1. The number of nitrogens with one attached hydrogen (secondary N) is 1. The van der Waals surface area contributed by atoms with Gasteiger partial charge in [-0.1, -0.05) is 56.8 Å². The summed E-state index contributed by atoms with van der Waals surface area (Å²) in [6.07, 6.45) is 3.32. The number of carbonyl (C=O) groups excluding carboxylic acids is 2. The lowest BCUT2D eigenvalue weighted by molar-refractivity contribution is -0.153. The predicted molar refractivity (Wildman–Crippen MR) is 138 cm³/mol. The highest BCUT2D eigenvalue weighted by Gasteiger charge is 2.38. The van der Waals surface area contributed by atoms with E-state index in [4.69, 9.17) is 9.15 Å². The molecule has 0 bridgehead atoms. The van der Waals surface area contributed by atoms with Gasteiger partial charge in [0.25, 0.3) is 0 Å². The number of hydrogen-bond donors (Lipinski definition) is 1. The predicted octanol–water partition coefficient (Wildman–Crippen LogP) is 6.40. The molecule has 1 amide bonds. The minimum atomic E-state index is -1.00. The summed E-state index contributed by atoms with van der Waals surface area (Å²) in [5, 5.41) is 2.84. The van der Waals surface area contributed by atoms with Crippen LogP contribution < -0.4 is 5.32 Å². The SMILES string of the molecule is CCOC(=O)C(CC)(CCc1ccc(Sc2ccc(-c3coc(C(C)C)n3)cc2)cc1)NC(C)=O. The number of aromatic nitrogens is 1. The molecule has 1 atom stereocenters. The van der Waals surface area contributed by atoms with Gasteiger partial charge in [0, 0.05) is 28.2 Å². The minimum absolute atomic E-state index is 0.235. The second-order valence-electron chi connectivity index (χ2n) is 8.83. The van der Waals surface area contributed by atoms with E-state index >= 15 is 0 Å². The van der Waals surface area contributed by atoms with Gasteiger partial charge in [-0.25, -0.2) is 9.78 Å². The Bertz CT molecular complexity index is 1120. The van der Waals surface area contributed by atoms with Crippen LogP contribution >= 0.6 is 11.8 Å². The van der Waals surface area contributed by atoms with Crippen molar-refractivity contribution in [2.75, 3.05) is 6.61 Å². The molecular weight excluding hydrogens is 460 g/mol. The first kappa shape index (κ1) is 26.5. The van der Waals surface area contributed by atoms with E-state index < -0.39 is 5.54 Å². The molecule has 3 rings (SSSR count). The quantitative estimate of drug-likeness (QED) is 0.311. The second kappa shape index (κ2) is 12.1. The highest BCUT2D eigenvalue weighted by atomic mass is 32.2. The molecule has 1 unspecified atom stereocenters. The summed E-state index contributed by atoms with van der Waals surface area (Å²) in [4.78, 5) is 31.2. The molecule has 186 valence electrons. The number of rotatable bonds is 11. The van der Waals surface area contributed by atoms with Gasteiger partial charge in [-0.15, -0.1) is 0 Å². The van der Waals surface area contributed by atoms with E-state index in [9.17, 15) is 9.59 Å². The maximum atomic E-state index is 12.6. The minimum Gasteiger partial charge on any atom is -0.464 e. The molecule has 0 spiro atoms. The number of hydrogen-bond acceptors (Lipinski definition) is 6. The first-order valence-corrected chi connectivity index (χ1v) is 12.9. The van der Waals surface area contributed by atoms with Gasteiger partial charge < -0.3 is 14.5 Å². The highest BCUT2D eigenvalue weighted by molar-refractivity contribution is 7.99. The van der Waals surface area contributed by atoms with E-state index in [0.717, 1.165) is 32.5 Å². The van der Waals surface area contributed by atoms with E-state index in [2.05, 4.69) is 72.7 Å². The van der Waals surface area contributed by atoms with Crippen LogP contribution in [-0.4, -0.2) is 29.0 Å². The second-order valence-corrected chi connectivity index (χ2v) is 9.98. The Morgan fingerprint density at radius 2 is 1.69 bits per heavy atom. The zero-order valence-corrected chi connectivity index (χ0v) is 21.9. The summed E-state index contributed by atoms with van der Waals surface area (Å²) in [5.74, 6) is 0.394. The van der Waals surface area contributed by atoms with Gasteiger partial charge >= 0.3 is 5.97 Å². The number of esters is 1. The number of benzene rings is 2. The van der Waals surface area contributed by atoms with Crippen molar-refractivity contribution in [3.05, 3.63) is 66.2 Å². The molecule has 0 aliphatic carbocycles. The Morgan fingerprint density at radius 1 is 1.06 bits per heavy atom. The lowest BCUT2D eigenvalue weighted by Gasteiger charge is -2.31. The molecule has 0 fully saturated rings. The normalized spacial score (nSPS) is 12.9. The fourth-order valence-electron chi connectivity index (χ4n) is 3.83. The Hall–Kier alpha value is -3.06. The molecule has 6 nitrogen and oxygen atoms in total. The summed E-state index contributed by atoms with van der Waals surface area (Å²) >= 11 is 1.68. The molecule has 2 aromatic carbocycles. The lowest BCUT2D eigenvalue weighted by Crippen LogP contribution is -2.54. The smallest absolute Gasteiger partial charge is 0.331 e. The maximum absolute atomic E-state index is 12.6. The summed E-state index contributed by atoms with van der Waals surface area (Å²) in [5.41, 5.74) is 1.97. The largest absolute Gasteiger partial charge is 0.464 e. The molecule has 0 saturated carbocycles. The van der Waals surface area contributed by atoms with Crippen LogP contribution in [0, 0.1) is 0 Å². The van der Waals surface area contributed by atoms with Crippen LogP contribution in [0.15, 0.2) is 69.0 Å². The van der Waals surface area contributed by atoms with Crippen molar-refractivity contribution >= 4 is 23.6 Å². The molecule has 0 radical (unpaired) electrons. The van der Waals surface area contributed by atoms with Gasteiger partial charge in [0.1, 0.15) is 17.5 Å². The molecule has 7 heteroatoms. The fraction of sp³-hybridized carbons (Fsp3) is 0.393. The van der Waals surface area contributed by atoms with Crippen molar-refractivity contribution in [1.82, 2.24) is 10.3 Å². The molecule has 0 saturated heterocycles. The van der Waals surface area contributed by atoms with Gasteiger partial charge in [-0.05, 0) is 56.0 Å². The Balaban J connectivity index is 1.63. The molecule has 1 N–H and O–H groups in total. The molecule has 1 heterocycles. The van der Waals surface area contributed by atoms with Gasteiger partial charge in [-0.2, -0.15) is 0 Å². The van der Waals surface area contributed by atoms with Crippen LogP contribution in [0.4, 0.5) is 0 Å². The number of aryl methyl sites for hydroxylation is 1. The topological polar surface area (TPSA) is 81.4 Å². The molecule has 35 heavy (non-hydrogen) atoms. The van der Waals surface area contributed by atoms with Crippen molar-refractivity contribution in [2.24, 2.45) is 0 Å². The zero-order chi connectivity index (χ0) is 25.4. The van der Waals surface area contributed by atoms with E-state index in [-0.39, 0.29) is 24.4 Å². The molecule has 0 aliphatic heterocycles. The third-order valence-corrected chi connectivity index (χ3v) is 6.87. The van der Waals surface area contributed by atoms with E-state index in [0.29, 0.717) is 19.3 Å². The van der Waals surface area contributed by atoms with Crippen LogP contribution in [0.25, 0.3) is 11.3 Å². The third kappa shape index (κ3) is 6.98. The first-order chi connectivity index (χ1) is 16.8. The van der Waals surface area contributed by atoms with Crippen molar-refractivity contribution in [3.8, 4) is 11.3 Å². The summed E-state index contributed by atoms with van der Waals surface area (Å²) in [6.45, 7) is 9.49. The summed E-state index contributed by atoms with van der Waals surface area (Å²) in [6, 6.07) is 16.6. The maximum Gasteiger partial charge on any atom is 0.331 e. The Morgan fingerprint density at radius 3 is 2.20 bits per heavy atom. The van der Waals surface area contributed by atoms with Gasteiger partial charge in [0.2, 0.25) is 5.91 Å². The van der Waals surface area contributed by atoms with Crippen molar-refractivity contribution < 1.29 is 18.7 Å². The van der Waals surface area contributed by atoms with Crippen LogP contribution in [0.2, 0.25) is 0 Å². The van der Waals surface area contributed by atoms with E-state index in [1.54, 1.807) is 24.9 Å². The monoisotopic (exact) mass is 494 g/mol. The van der Waals surface area contributed by atoms with Crippen LogP contribution in [-0.2, 0) is 20.7 Å². The fourth-order valence-corrected chi connectivity index (χ4v) is 4.64. The average molecular weight is 495 g/mol. The third-order valence-electron chi connectivity index (χ3n) is 5.85. The van der Waals surface area contributed by atoms with Gasteiger partial charge in [0.05, 0.1) is 6.61 Å². The van der Waals surface area contributed by atoms with Crippen LogP contribution in [0.3, 0.4) is 0 Å². The average Bonchev–Trinajstić information content (AvgIpc) is 3.34. The van der Waals surface area contributed by atoms with Crippen molar-refractivity contribution in [1.29, 1.82) is 0 Å². The van der Waals surface area contributed by atoms with Crippen molar-refractivity contribution in [3.63, 3.8) is 0 Å². The lowest BCUT2D eigenvalue weighted by atomic mass is 9.88. The van der Waals surface area contributed by atoms with Crippen LogP contribution in [0.5, 0.6) is 0 Å². The zero-order valence-electron chi connectivity index (χ0n) is 21.1. The molecule has 0 aliphatic rings. The molecule has 1 aromatic heterocycles. The van der Waals surface area contributed by atoms with Crippen LogP contribution in [0.1, 0.15) is 64.8 Å². The van der Waals surface area contributed by atoms with E-state index in [1.807, 2.05) is 6.92 Å². The van der Waals surface area contributed by atoms with Gasteiger partial charge in [0.15, 0.2) is 5.89 Å². The highest BCUT2D eigenvalue weighted by Crippen LogP contribution is 2.31. The number of oxazole rings is 1. The number of ether oxygens (including phenoxy) is 1. The summed E-state index contributed by atoms with van der Waals surface area (Å²) in [7, 11) is 0. The van der Waals surface area contributed by atoms with Crippen molar-refractivity contribution in [2.45, 2.75) is 75.1 Å². The molecule has 3 aromatic rings.